The van der Waals surface area contributed by atoms with Crippen molar-refractivity contribution in [2.75, 3.05) is 12.8 Å². The van der Waals surface area contributed by atoms with E-state index in [1.807, 2.05) is 12.1 Å². The fourth-order valence-electron chi connectivity index (χ4n) is 2.55. The fourth-order valence-corrected chi connectivity index (χ4v) is 3.65. The molecule has 0 saturated carbocycles. The van der Waals surface area contributed by atoms with Gasteiger partial charge in [0.25, 0.3) is 0 Å². The van der Waals surface area contributed by atoms with Crippen molar-refractivity contribution in [3.8, 4) is 0 Å². The minimum absolute atomic E-state index is 0.407. The van der Waals surface area contributed by atoms with Gasteiger partial charge in [0.1, 0.15) is 4.99 Å². The fraction of sp³-hybridized carbons (Fsp3) is 0.385. The van der Waals surface area contributed by atoms with E-state index in [0.717, 1.165) is 22.8 Å². The van der Waals surface area contributed by atoms with Gasteiger partial charge in [0, 0.05) is 12.1 Å². The molecule has 88 valence electrons. The second-order valence-electron chi connectivity index (χ2n) is 4.33. The van der Waals surface area contributed by atoms with E-state index in [-0.39, 0.29) is 0 Å². The lowest BCUT2D eigenvalue weighted by Crippen LogP contribution is -2.37. The van der Waals surface area contributed by atoms with Crippen LogP contribution in [0.3, 0.4) is 0 Å². The van der Waals surface area contributed by atoms with Gasteiger partial charge in [-0.15, -0.1) is 11.8 Å². The summed E-state index contributed by atoms with van der Waals surface area (Å²) < 4.78 is 0. The number of para-hydroxylation sites is 1. The third-order valence-corrected chi connectivity index (χ3v) is 4.61. The molecule has 2 nitrogen and oxygen atoms in total. The van der Waals surface area contributed by atoms with E-state index >= 15 is 0 Å². The lowest BCUT2D eigenvalue weighted by Gasteiger charge is -2.25. The molecule has 1 aromatic rings. The summed E-state index contributed by atoms with van der Waals surface area (Å²) in [5.74, 6) is 0. The average Bonchev–Trinajstić information content (AvgIpc) is 2.81. The van der Waals surface area contributed by atoms with Gasteiger partial charge in [-0.1, -0.05) is 24.4 Å². The summed E-state index contributed by atoms with van der Waals surface area (Å²) in [7, 11) is 0. The van der Waals surface area contributed by atoms with E-state index in [4.69, 9.17) is 17.2 Å². The molecule has 1 aromatic carbocycles. The third kappa shape index (κ3) is 1.79. The number of hydrogen-bond donors (Lipinski definition) is 0. The number of hydrogen-bond acceptors (Lipinski definition) is 3. The molecule has 0 radical (unpaired) electrons. The largest absolute Gasteiger partial charge is 0.353 e. The van der Waals surface area contributed by atoms with Gasteiger partial charge in [-0.25, -0.2) is 4.99 Å². The molecule has 0 aromatic heterocycles. The van der Waals surface area contributed by atoms with Crippen molar-refractivity contribution in [3.05, 3.63) is 29.8 Å². The van der Waals surface area contributed by atoms with E-state index in [9.17, 15) is 0 Å². The maximum atomic E-state index is 5.63. The first kappa shape index (κ1) is 11.2. The normalized spacial score (nSPS) is 22.9. The van der Waals surface area contributed by atoms with Crippen LogP contribution in [0.15, 0.2) is 29.3 Å². The average molecular weight is 262 g/mol. The summed E-state index contributed by atoms with van der Waals surface area (Å²) in [4.78, 5) is 8.11. The van der Waals surface area contributed by atoms with Crippen molar-refractivity contribution < 1.29 is 0 Å². The molecule has 4 heteroatoms. The SMILES string of the molecule is CSC1=Nc2ccccc2C(=S)N2CCCC12. The van der Waals surface area contributed by atoms with Gasteiger partial charge < -0.3 is 4.90 Å². The summed E-state index contributed by atoms with van der Waals surface area (Å²) >= 11 is 7.38. The van der Waals surface area contributed by atoms with Gasteiger partial charge in [0.15, 0.2) is 0 Å². The number of rotatable bonds is 0. The first-order valence-corrected chi connectivity index (χ1v) is 7.47. The van der Waals surface area contributed by atoms with Crippen molar-refractivity contribution in [1.82, 2.24) is 4.90 Å². The number of thiocarbonyl (C=S) groups is 1. The molecule has 2 aliphatic heterocycles. The zero-order valence-electron chi connectivity index (χ0n) is 9.72. The predicted octanol–water partition coefficient (Wildman–Crippen LogP) is 3.23. The van der Waals surface area contributed by atoms with Crippen molar-refractivity contribution in [2.24, 2.45) is 4.99 Å². The van der Waals surface area contributed by atoms with E-state index in [1.165, 1.54) is 17.9 Å². The molecule has 2 aliphatic rings. The second-order valence-corrected chi connectivity index (χ2v) is 5.54. The minimum atomic E-state index is 0.407. The first-order chi connectivity index (χ1) is 8.31. The Balaban J connectivity index is 2.15. The highest BCUT2D eigenvalue weighted by Gasteiger charge is 2.33. The van der Waals surface area contributed by atoms with Crippen LogP contribution in [0.5, 0.6) is 0 Å². The maximum absolute atomic E-state index is 5.63. The Labute approximate surface area is 111 Å². The lowest BCUT2D eigenvalue weighted by atomic mass is 10.1. The topological polar surface area (TPSA) is 15.6 Å². The number of aliphatic imine (C=N–C) groups is 1. The molecule has 1 unspecified atom stereocenters. The Bertz CT molecular complexity index is 496. The highest BCUT2D eigenvalue weighted by molar-refractivity contribution is 8.13. The van der Waals surface area contributed by atoms with Crippen LogP contribution < -0.4 is 0 Å². The number of fused-ring (bicyclic) bond motifs is 2. The van der Waals surface area contributed by atoms with Gasteiger partial charge in [-0.2, -0.15) is 0 Å². The van der Waals surface area contributed by atoms with Crippen LogP contribution in [-0.4, -0.2) is 33.8 Å². The van der Waals surface area contributed by atoms with Crippen LogP contribution in [-0.2, 0) is 0 Å². The predicted molar refractivity (Wildman–Crippen MR) is 78.5 cm³/mol. The molecule has 0 amide bonds. The van der Waals surface area contributed by atoms with Crippen LogP contribution in [0.25, 0.3) is 0 Å². The van der Waals surface area contributed by atoms with Gasteiger partial charge in [-0.3, -0.25) is 0 Å². The molecule has 0 N–H and O–H groups in total. The van der Waals surface area contributed by atoms with Gasteiger partial charge in [0.05, 0.1) is 16.8 Å². The van der Waals surface area contributed by atoms with Crippen LogP contribution in [0, 0.1) is 0 Å². The van der Waals surface area contributed by atoms with Crippen molar-refractivity contribution in [3.63, 3.8) is 0 Å². The van der Waals surface area contributed by atoms with E-state index in [1.54, 1.807) is 11.8 Å². The highest BCUT2D eigenvalue weighted by atomic mass is 32.2. The summed E-state index contributed by atoms with van der Waals surface area (Å²) in [6, 6.07) is 8.61. The van der Waals surface area contributed by atoms with E-state index in [0.29, 0.717) is 6.04 Å². The van der Waals surface area contributed by atoms with Crippen molar-refractivity contribution in [2.45, 2.75) is 18.9 Å². The van der Waals surface area contributed by atoms with Crippen LogP contribution >= 0.6 is 24.0 Å². The number of nitrogens with zero attached hydrogens (tertiary/aromatic N) is 2. The van der Waals surface area contributed by atoms with Gasteiger partial charge >= 0.3 is 0 Å². The zero-order chi connectivity index (χ0) is 11.8. The molecule has 3 rings (SSSR count). The quantitative estimate of drug-likeness (QED) is 0.668. The summed E-state index contributed by atoms with van der Waals surface area (Å²) in [6.45, 7) is 1.07. The van der Waals surface area contributed by atoms with Crippen LogP contribution in [0.4, 0.5) is 5.69 Å². The Morgan fingerprint density at radius 1 is 1.41 bits per heavy atom. The maximum Gasteiger partial charge on any atom is 0.111 e. The van der Waals surface area contributed by atoms with Crippen LogP contribution in [0.2, 0.25) is 0 Å². The molecular formula is C13H14N2S2. The summed E-state index contributed by atoms with van der Waals surface area (Å²) in [5.41, 5.74) is 2.13. The second kappa shape index (κ2) is 4.42. The van der Waals surface area contributed by atoms with Gasteiger partial charge in [0.2, 0.25) is 0 Å². The molecule has 1 atom stereocenters. The summed E-state index contributed by atoms with van der Waals surface area (Å²) in [6.07, 6.45) is 4.49. The monoisotopic (exact) mass is 262 g/mol. The number of thioether (sulfide) groups is 1. The Kier molecular flexibility index (Phi) is 2.92. The Hall–Kier alpha value is -0.870. The molecular weight excluding hydrogens is 248 g/mol. The number of benzene rings is 1. The Morgan fingerprint density at radius 3 is 3.06 bits per heavy atom. The minimum Gasteiger partial charge on any atom is -0.353 e. The lowest BCUT2D eigenvalue weighted by molar-refractivity contribution is 0.481. The molecule has 1 saturated heterocycles. The molecule has 0 bridgehead atoms. The molecule has 2 heterocycles. The van der Waals surface area contributed by atoms with E-state index in [2.05, 4.69) is 23.3 Å². The molecule has 1 fully saturated rings. The standard InChI is InChI=1S/C13H14N2S2/c1-17-12-11-7-4-8-15(11)13(16)9-5-2-3-6-10(9)14-12/h2-3,5-6,11H,4,7-8H2,1H3. The van der Waals surface area contributed by atoms with Crippen LogP contribution in [0.1, 0.15) is 18.4 Å². The van der Waals surface area contributed by atoms with Crippen molar-refractivity contribution in [1.29, 1.82) is 0 Å². The third-order valence-electron chi connectivity index (χ3n) is 3.37. The first-order valence-electron chi connectivity index (χ1n) is 5.84. The van der Waals surface area contributed by atoms with Crippen molar-refractivity contribution >= 4 is 39.7 Å². The highest BCUT2D eigenvalue weighted by Crippen LogP contribution is 2.33. The Morgan fingerprint density at radius 2 is 2.24 bits per heavy atom. The zero-order valence-corrected chi connectivity index (χ0v) is 11.4. The molecule has 0 spiro atoms. The van der Waals surface area contributed by atoms with Gasteiger partial charge in [-0.05, 0) is 31.2 Å². The molecule has 17 heavy (non-hydrogen) atoms. The van der Waals surface area contributed by atoms with E-state index < -0.39 is 0 Å². The smallest absolute Gasteiger partial charge is 0.111 e. The summed E-state index contributed by atoms with van der Waals surface area (Å²) in [5, 5.41) is 1.20. The molecule has 0 aliphatic carbocycles.